The molecular weight excluding hydrogens is 230 g/mol. The van der Waals surface area contributed by atoms with Gasteiger partial charge in [-0.1, -0.05) is 11.6 Å². The summed E-state index contributed by atoms with van der Waals surface area (Å²) in [5.74, 6) is 1.55. The Hall–Kier alpha value is -0.940. The summed E-state index contributed by atoms with van der Waals surface area (Å²) in [4.78, 5) is 4.51. The fourth-order valence-corrected chi connectivity index (χ4v) is 2.73. The van der Waals surface area contributed by atoms with Gasteiger partial charge < -0.3 is 14.6 Å². The van der Waals surface area contributed by atoms with Crippen LogP contribution in [0.2, 0.25) is 0 Å². The maximum absolute atomic E-state index is 5.69. The molecule has 2 unspecified atom stereocenters. The van der Waals surface area contributed by atoms with E-state index in [1.807, 2.05) is 0 Å². The van der Waals surface area contributed by atoms with Crippen LogP contribution in [-0.4, -0.2) is 29.4 Å². The Labute approximate surface area is 107 Å². The van der Waals surface area contributed by atoms with Crippen molar-refractivity contribution in [2.75, 3.05) is 13.2 Å². The summed E-state index contributed by atoms with van der Waals surface area (Å²) in [6.45, 7) is 1.93. The smallest absolute Gasteiger partial charge is 0.229 e. The maximum Gasteiger partial charge on any atom is 0.229 e. The second-order valence-electron chi connectivity index (χ2n) is 5.24. The molecule has 1 aromatic heterocycles. The molecule has 2 atom stereocenters. The van der Waals surface area contributed by atoms with E-state index in [4.69, 9.17) is 9.26 Å². The molecular formula is C13H21N3O2. The lowest BCUT2D eigenvalue weighted by Crippen LogP contribution is -2.27. The predicted octanol–water partition coefficient (Wildman–Crippen LogP) is 2.00. The van der Waals surface area contributed by atoms with E-state index in [0.29, 0.717) is 0 Å². The molecule has 0 spiro atoms. The van der Waals surface area contributed by atoms with Gasteiger partial charge in [0.2, 0.25) is 5.89 Å². The van der Waals surface area contributed by atoms with E-state index in [1.165, 1.54) is 25.7 Å². The van der Waals surface area contributed by atoms with Gasteiger partial charge in [0, 0.05) is 6.61 Å². The Bertz CT molecular complexity index is 368. The molecule has 2 saturated heterocycles. The fourth-order valence-electron chi connectivity index (χ4n) is 2.73. The van der Waals surface area contributed by atoms with Crippen molar-refractivity contribution in [1.82, 2.24) is 15.5 Å². The number of aromatic nitrogens is 2. The van der Waals surface area contributed by atoms with E-state index in [0.717, 1.165) is 44.1 Å². The third kappa shape index (κ3) is 2.90. The van der Waals surface area contributed by atoms with Gasteiger partial charge in [-0.25, -0.2) is 0 Å². The molecule has 1 N–H and O–H groups in total. The molecule has 100 valence electrons. The molecule has 2 fully saturated rings. The van der Waals surface area contributed by atoms with Gasteiger partial charge in [-0.3, -0.25) is 0 Å². The van der Waals surface area contributed by atoms with Gasteiger partial charge in [-0.05, 0) is 38.6 Å². The molecule has 0 amide bonds. The first kappa shape index (κ1) is 12.1. The van der Waals surface area contributed by atoms with Crippen LogP contribution < -0.4 is 5.32 Å². The Morgan fingerprint density at radius 3 is 2.89 bits per heavy atom. The summed E-state index contributed by atoms with van der Waals surface area (Å²) in [6.07, 6.45) is 8.17. The first-order chi connectivity index (χ1) is 8.92. The fraction of sp³-hybridized carbons (Fsp3) is 0.846. The lowest BCUT2D eigenvalue weighted by molar-refractivity contribution is 0.0124. The molecule has 2 aliphatic rings. The number of piperidine rings is 1. The largest absolute Gasteiger partial charge is 0.378 e. The second kappa shape index (κ2) is 5.80. The normalized spacial score (nSPS) is 29.3. The third-order valence-corrected chi connectivity index (χ3v) is 3.78. The minimum Gasteiger partial charge on any atom is -0.378 e. The molecule has 3 rings (SSSR count). The van der Waals surface area contributed by atoms with Crippen LogP contribution in [0.5, 0.6) is 0 Å². The van der Waals surface area contributed by atoms with Crippen LogP contribution in [-0.2, 0) is 11.2 Å². The van der Waals surface area contributed by atoms with E-state index in [1.54, 1.807) is 0 Å². The van der Waals surface area contributed by atoms with Gasteiger partial charge in [0.15, 0.2) is 5.82 Å². The summed E-state index contributed by atoms with van der Waals surface area (Å²) in [7, 11) is 0. The Balaban J connectivity index is 1.58. The summed E-state index contributed by atoms with van der Waals surface area (Å²) in [5.41, 5.74) is 0. The Morgan fingerprint density at radius 2 is 2.11 bits per heavy atom. The van der Waals surface area contributed by atoms with Crippen molar-refractivity contribution in [2.24, 2.45) is 0 Å². The van der Waals surface area contributed by atoms with E-state index in [2.05, 4.69) is 15.5 Å². The molecule has 3 heterocycles. The number of hydrogen-bond donors (Lipinski definition) is 1. The van der Waals surface area contributed by atoms with Crippen molar-refractivity contribution >= 4 is 0 Å². The minimum atomic E-state index is 0.270. The SMILES string of the molecule is C1CCC(c2noc(CC3CCCCO3)n2)NC1. The number of ether oxygens (including phenoxy) is 1. The van der Waals surface area contributed by atoms with Gasteiger partial charge in [0.25, 0.3) is 0 Å². The molecule has 2 aliphatic heterocycles. The lowest BCUT2D eigenvalue weighted by atomic mass is 10.0. The molecule has 18 heavy (non-hydrogen) atoms. The van der Waals surface area contributed by atoms with Crippen LogP contribution in [0.4, 0.5) is 0 Å². The van der Waals surface area contributed by atoms with E-state index in [-0.39, 0.29) is 12.1 Å². The zero-order chi connectivity index (χ0) is 12.2. The Kier molecular flexibility index (Phi) is 3.90. The van der Waals surface area contributed by atoms with Crippen molar-refractivity contribution in [3.63, 3.8) is 0 Å². The maximum atomic E-state index is 5.69. The van der Waals surface area contributed by atoms with Gasteiger partial charge in [0.05, 0.1) is 18.6 Å². The minimum absolute atomic E-state index is 0.270. The van der Waals surface area contributed by atoms with Gasteiger partial charge in [0.1, 0.15) is 0 Å². The van der Waals surface area contributed by atoms with E-state index < -0.39 is 0 Å². The lowest BCUT2D eigenvalue weighted by Gasteiger charge is -2.21. The van der Waals surface area contributed by atoms with Gasteiger partial charge in [-0.15, -0.1) is 0 Å². The number of nitrogens with zero attached hydrogens (tertiary/aromatic N) is 2. The summed E-state index contributed by atoms with van der Waals surface area (Å²) < 4.78 is 11.0. The summed E-state index contributed by atoms with van der Waals surface area (Å²) >= 11 is 0. The summed E-state index contributed by atoms with van der Waals surface area (Å²) in [6, 6.07) is 0.281. The second-order valence-corrected chi connectivity index (χ2v) is 5.24. The van der Waals surface area contributed by atoms with Gasteiger partial charge in [-0.2, -0.15) is 4.98 Å². The molecule has 5 heteroatoms. The first-order valence-electron chi connectivity index (χ1n) is 7.09. The molecule has 0 aliphatic carbocycles. The van der Waals surface area contributed by atoms with Crippen LogP contribution in [0, 0.1) is 0 Å². The standard InChI is InChI=1S/C13H21N3O2/c1-3-7-14-11(6-1)13-15-12(18-16-13)9-10-5-2-4-8-17-10/h10-11,14H,1-9H2. The van der Waals surface area contributed by atoms with Crippen LogP contribution >= 0.6 is 0 Å². The highest BCUT2D eigenvalue weighted by molar-refractivity contribution is 4.96. The molecule has 5 nitrogen and oxygen atoms in total. The zero-order valence-electron chi connectivity index (χ0n) is 10.7. The molecule has 0 radical (unpaired) electrons. The highest BCUT2D eigenvalue weighted by atomic mass is 16.5. The van der Waals surface area contributed by atoms with Crippen LogP contribution in [0.25, 0.3) is 0 Å². The van der Waals surface area contributed by atoms with Crippen LogP contribution in [0.15, 0.2) is 4.52 Å². The zero-order valence-corrected chi connectivity index (χ0v) is 10.7. The number of hydrogen-bond acceptors (Lipinski definition) is 5. The van der Waals surface area contributed by atoms with Crippen molar-refractivity contribution in [3.05, 3.63) is 11.7 Å². The van der Waals surface area contributed by atoms with Gasteiger partial charge >= 0.3 is 0 Å². The van der Waals surface area contributed by atoms with Crippen LogP contribution in [0.3, 0.4) is 0 Å². The molecule has 0 aromatic carbocycles. The monoisotopic (exact) mass is 251 g/mol. The average molecular weight is 251 g/mol. The van der Waals surface area contributed by atoms with Crippen molar-refractivity contribution < 1.29 is 9.26 Å². The van der Waals surface area contributed by atoms with Crippen molar-refractivity contribution in [1.29, 1.82) is 0 Å². The quantitative estimate of drug-likeness (QED) is 0.890. The third-order valence-electron chi connectivity index (χ3n) is 3.78. The van der Waals surface area contributed by atoms with Crippen molar-refractivity contribution in [3.8, 4) is 0 Å². The topological polar surface area (TPSA) is 60.2 Å². The van der Waals surface area contributed by atoms with E-state index >= 15 is 0 Å². The Morgan fingerprint density at radius 1 is 1.17 bits per heavy atom. The number of nitrogens with one attached hydrogen (secondary N) is 1. The van der Waals surface area contributed by atoms with Crippen molar-refractivity contribution in [2.45, 2.75) is 57.1 Å². The average Bonchev–Trinajstić information content (AvgIpc) is 2.89. The first-order valence-corrected chi connectivity index (χ1v) is 7.09. The molecule has 1 aromatic rings. The predicted molar refractivity (Wildman–Crippen MR) is 66.2 cm³/mol. The molecule has 0 bridgehead atoms. The van der Waals surface area contributed by atoms with Crippen LogP contribution in [0.1, 0.15) is 56.3 Å². The highest BCUT2D eigenvalue weighted by Gasteiger charge is 2.22. The summed E-state index contributed by atoms with van der Waals surface area (Å²) in [5, 5.41) is 7.54. The highest BCUT2D eigenvalue weighted by Crippen LogP contribution is 2.22. The van der Waals surface area contributed by atoms with E-state index in [9.17, 15) is 0 Å². The number of rotatable bonds is 3. The molecule has 0 saturated carbocycles.